The molecule has 0 atom stereocenters. The van der Waals surface area contributed by atoms with Crippen molar-refractivity contribution in [2.75, 3.05) is 0 Å². The normalized spacial score (nSPS) is 9.60. The number of rotatable bonds is 2. The minimum atomic E-state index is -0.484. The average molecular weight is 159 g/mol. The third kappa shape index (κ3) is 1.38. The number of nitrogens with one attached hydrogen (secondary N) is 1. The van der Waals surface area contributed by atoms with Crippen LogP contribution in [0.4, 0.5) is 0 Å². The van der Waals surface area contributed by atoms with E-state index in [2.05, 4.69) is 27.7 Å². The number of hydrogen-bond acceptors (Lipinski definition) is 4. The minimum Gasteiger partial charge on any atom is -0.368 e. The van der Waals surface area contributed by atoms with Crippen LogP contribution in [0.2, 0.25) is 0 Å². The number of aromatic amines is 1. The third-order valence-corrected chi connectivity index (χ3v) is 1.15. The molecule has 54 valence electrons. The summed E-state index contributed by atoms with van der Waals surface area (Å²) in [5.41, 5.74) is 4.87. The van der Waals surface area contributed by atoms with Gasteiger partial charge in [0.25, 0.3) is 0 Å². The van der Waals surface area contributed by atoms with Crippen LogP contribution in [0.1, 0.15) is 0 Å². The number of H-pyrrole nitrogens is 1. The van der Waals surface area contributed by atoms with Gasteiger partial charge >= 0.3 is 0 Å². The Kier molecular flexibility index (Phi) is 1.76. The Bertz CT molecular complexity index is 287. The lowest BCUT2D eigenvalue weighted by molar-refractivity contribution is -0.118. The van der Waals surface area contributed by atoms with Crippen molar-refractivity contribution in [3.05, 3.63) is 4.77 Å². The van der Waals surface area contributed by atoms with E-state index >= 15 is 0 Å². The fourth-order valence-corrected chi connectivity index (χ4v) is 0.621. The predicted octanol–water partition coefficient (Wildman–Crippen LogP) is -1.18. The van der Waals surface area contributed by atoms with Gasteiger partial charge in [0, 0.05) is 0 Å². The Balaban J connectivity index is 2.85. The van der Waals surface area contributed by atoms with Crippen molar-refractivity contribution in [2.45, 2.75) is 6.54 Å². The first-order chi connectivity index (χ1) is 4.70. The van der Waals surface area contributed by atoms with E-state index in [0.29, 0.717) is 0 Å². The van der Waals surface area contributed by atoms with E-state index in [9.17, 15) is 4.79 Å². The fraction of sp³-hybridized carbons (Fsp3) is 0.333. The van der Waals surface area contributed by atoms with Crippen LogP contribution in [-0.4, -0.2) is 26.1 Å². The number of hydrogen-bond donors (Lipinski definition) is 2. The topological polar surface area (TPSA) is 89.6 Å². The van der Waals surface area contributed by atoms with Crippen molar-refractivity contribution in [1.82, 2.24) is 20.2 Å². The molecule has 1 rings (SSSR count). The molecule has 6 nitrogen and oxygen atoms in total. The number of nitrogens with zero attached hydrogens (tertiary/aromatic N) is 3. The summed E-state index contributed by atoms with van der Waals surface area (Å²) in [6.45, 7) is -0.00810. The number of primary amides is 1. The van der Waals surface area contributed by atoms with Gasteiger partial charge < -0.3 is 5.73 Å². The smallest absolute Gasteiger partial charge is 0.239 e. The molecule has 0 aliphatic carbocycles. The zero-order valence-electron chi connectivity index (χ0n) is 4.94. The quantitative estimate of drug-likeness (QED) is 0.531. The Hall–Kier alpha value is -1.24. The van der Waals surface area contributed by atoms with Crippen LogP contribution >= 0.6 is 12.2 Å². The molecule has 0 saturated carbocycles. The molecule has 1 aromatic heterocycles. The van der Waals surface area contributed by atoms with Gasteiger partial charge in [-0.15, -0.1) is 0 Å². The monoisotopic (exact) mass is 159 g/mol. The fourth-order valence-electron chi connectivity index (χ4n) is 0.475. The van der Waals surface area contributed by atoms with E-state index in [1.54, 1.807) is 0 Å². The summed E-state index contributed by atoms with van der Waals surface area (Å²) >= 11 is 4.65. The molecule has 0 aromatic carbocycles. The number of aromatic nitrogens is 4. The lowest BCUT2D eigenvalue weighted by Gasteiger charge is -1.92. The van der Waals surface area contributed by atoms with Gasteiger partial charge in [0.15, 0.2) is 0 Å². The van der Waals surface area contributed by atoms with Crippen LogP contribution in [0.5, 0.6) is 0 Å². The summed E-state index contributed by atoms with van der Waals surface area (Å²) < 4.78 is 1.50. The van der Waals surface area contributed by atoms with Crippen molar-refractivity contribution >= 4 is 18.1 Å². The van der Waals surface area contributed by atoms with Gasteiger partial charge in [0.1, 0.15) is 6.54 Å². The summed E-state index contributed by atoms with van der Waals surface area (Å²) in [4.78, 5) is 10.3. The predicted molar refractivity (Wildman–Crippen MR) is 34.4 cm³/mol. The number of amides is 1. The van der Waals surface area contributed by atoms with Crippen molar-refractivity contribution in [3.63, 3.8) is 0 Å². The number of tetrazole rings is 1. The summed E-state index contributed by atoms with van der Waals surface area (Å²) in [6, 6.07) is 0. The maximum atomic E-state index is 10.3. The second kappa shape index (κ2) is 2.56. The second-order valence-corrected chi connectivity index (χ2v) is 2.00. The number of carbonyl (C=O) groups excluding carboxylic acids is 1. The molecular formula is C3H5N5OS. The maximum absolute atomic E-state index is 10.3. The van der Waals surface area contributed by atoms with Gasteiger partial charge in [-0.05, 0) is 12.2 Å². The third-order valence-electron chi connectivity index (χ3n) is 0.846. The Morgan fingerprint density at radius 3 is 3.00 bits per heavy atom. The van der Waals surface area contributed by atoms with Gasteiger partial charge in [-0.3, -0.25) is 4.79 Å². The molecule has 10 heavy (non-hydrogen) atoms. The van der Waals surface area contributed by atoms with Crippen LogP contribution < -0.4 is 5.73 Å². The highest BCUT2D eigenvalue weighted by atomic mass is 32.1. The maximum Gasteiger partial charge on any atom is 0.239 e. The lowest BCUT2D eigenvalue weighted by Crippen LogP contribution is -2.19. The highest BCUT2D eigenvalue weighted by Crippen LogP contribution is 1.80. The second-order valence-electron chi connectivity index (χ2n) is 1.64. The van der Waals surface area contributed by atoms with Crippen LogP contribution in [-0.2, 0) is 11.3 Å². The Labute approximate surface area is 61.0 Å². The van der Waals surface area contributed by atoms with E-state index in [4.69, 9.17) is 5.73 Å². The van der Waals surface area contributed by atoms with E-state index in [-0.39, 0.29) is 11.3 Å². The van der Waals surface area contributed by atoms with Crippen LogP contribution in [0, 0.1) is 4.77 Å². The van der Waals surface area contributed by atoms with E-state index in [1.807, 2.05) is 0 Å². The standard InChI is InChI=1S/C3H5N5OS/c4-2(9)1-8-3(10)5-6-7-8/h1H2,(H2,4,9)(H,5,7,10). The lowest BCUT2D eigenvalue weighted by atomic mass is 10.6. The molecule has 1 aromatic rings. The van der Waals surface area contributed by atoms with Gasteiger partial charge in [0.2, 0.25) is 10.7 Å². The van der Waals surface area contributed by atoms with Crippen LogP contribution in [0.25, 0.3) is 0 Å². The molecule has 7 heteroatoms. The van der Waals surface area contributed by atoms with Gasteiger partial charge in [-0.1, -0.05) is 10.3 Å². The Morgan fingerprint density at radius 1 is 1.90 bits per heavy atom. The Morgan fingerprint density at radius 2 is 2.60 bits per heavy atom. The number of carbonyl (C=O) groups is 1. The summed E-state index contributed by atoms with van der Waals surface area (Å²) in [5.74, 6) is -0.484. The number of nitrogens with two attached hydrogens (primary N) is 1. The van der Waals surface area contributed by atoms with Crippen molar-refractivity contribution < 1.29 is 4.79 Å². The largest absolute Gasteiger partial charge is 0.368 e. The van der Waals surface area contributed by atoms with Crippen molar-refractivity contribution in [3.8, 4) is 0 Å². The summed E-state index contributed by atoms with van der Waals surface area (Å²) in [7, 11) is 0. The molecular weight excluding hydrogens is 154 g/mol. The van der Waals surface area contributed by atoms with Crippen LogP contribution in [0.3, 0.4) is 0 Å². The first kappa shape index (κ1) is 6.87. The van der Waals surface area contributed by atoms with Gasteiger partial charge in [-0.2, -0.15) is 5.21 Å². The summed E-state index contributed by atoms with van der Waals surface area (Å²) in [6.07, 6.45) is 0. The van der Waals surface area contributed by atoms with Crippen molar-refractivity contribution in [1.29, 1.82) is 0 Å². The average Bonchev–Trinajstić information content (AvgIpc) is 2.15. The molecule has 3 N–H and O–H groups in total. The van der Waals surface area contributed by atoms with Gasteiger partial charge in [-0.25, -0.2) is 4.68 Å². The molecule has 0 aliphatic heterocycles. The van der Waals surface area contributed by atoms with E-state index < -0.39 is 5.91 Å². The van der Waals surface area contributed by atoms with Crippen LogP contribution in [0.15, 0.2) is 0 Å². The summed E-state index contributed by atoms with van der Waals surface area (Å²) in [5, 5.41) is 9.17. The molecule has 0 bridgehead atoms. The molecule has 0 spiro atoms. The molecule has 0 fully saturated rings. The molecule has 0 saturated heterocycles. The molecule has 1 heterocycles. The molecule has 0 unspecified atom stereocenters. The zero-order chi connectivity index (χ0) is 7.56. The first-order valence-corrected chi connectivity index (χ1v) is 2.87. The highest BCUT2D eigenvalue weighted by molar-refractivity contribution is 7.71. The van der Waals surface area contributed by atoms with Gasteiger partial charge in [0.05, 0.1) is 0 Å². The SMILES string of the molecule is NC(=O)Cn1[nH]nnc1=S. The van der Waals surface area contributed by atoms with E-state index in [1.165, 1.54) is 4.68 Å². The molecule has 0 aliphatic rings. The highest BCUT2D eigenvalue weighted by Gasteiger charge is 1.97. The molecule has 0 radical (unpaired) electrons. The first-order valence-electron chi connectivity index (χ1n) is 2.46. The molecule has 1 amide bonds. The van der Waals surface area contributed by atoms with Crippen molar-refractivity contribution in [2.24, 2.45) is 5.73 Å². The van der Waals surface area contributed by atoms with E-state index in [0.717, 1.165) is 0 Å². The minimum absolute atomic E-state index is 0.00810. The zero-order valence-corrected chi connectivity index (χ0v) is 5.76.